The van der Waals surface area contributed by atoms with Crippen LogP contribution in [0.1, 0.15) is 0 Å². The first-order valence-electron chi connectivity index (χ1n) is 1.40. The minimum absolute atomic E-state index is 0.0741. The Morgan fingerprint density at radius 3 is 1.50 bits per heavy atom. The molecule has 32 valence electrons. The van der Waals surface area contributed by atoms with Crippen LogP contribution in [-0.2, 0) is 0 Å². The predicted octanol–water partition coefficient (Wildman–Crippen LogP) is 0.305. The summed E-state index contributed by atoms with van der Waals surface area (Å²) >= 11 is 0. The van der Waals surface area contributed by atoms with Crippen LogP contribution in [0.4, 0.5) is 0 Å². The third-order valence-corrected chi connectivity index (χ3v) is 0.311. The van der Waals surface area contributed by atoms with Gasteiger partial charge in [-0.1, -0.05) is 0 Å². The molecule has 0 unspecified atom stereocenters. The Balaban J connectivity index is 3.52. The molecule has 0 heterocycles. The van der Waals surface area contributed by atoms with Crippen LogP contribution in [0.3, 0.4) is 0 Å². The maximum Gasteiger partial charge on any atom is 0.0890 e. The Kier molecular flexibility index (Phi) is 1.89. The molecule has 0 fully saturated rings. The molecule has 3 heteroatoms. The van der Waals surface area contributed by atoms with Crippen LogP contribution in [-0.4, -0.2) is 18.1 Å². The zero-order valence-corrected chi connectivity index (χ0v) is 3.15. The first-order chi connectivity index (χ1) is 2.81. The molecule has 3 nitrogen and oxygen atoms in total. The van der Waals surface area contributed by atoms with Crippen molar-refractivity contribution in [1.82, 2.24) is 0 Å². The van der Waals surface area contributed by atoms with E-state index in [9.17, 15) is 0 Å². The van der Waals surface area contributed by atoms with Crippen molar-refractivity contribution in [2.75, 3.05) is 0 Å². The van der Waals surface area contributed by atoms with Gasteiger partial charge in [0.2, 0.25) is 0 Å². The molecular formula is C3H5N3. The summed E-state index contributed by atoms with van der Waals surface area (Å²) in [6, 6.07) is 0. The molecule has 0 spiro atoms. The Morgan fingerprint density at radius 1 is 1.17 bits per heavy atom. The smallest absolute Gasteiger partial charge is 0.0890 e. The van der Waals surface area contributed by atoms with Gasteiger partial charge >= 0.3 is 0 Å². The fourth-order valence-electron chi connectivity index (χ4n) is 0.0417. The first kappa shape index (κ1) is 5.01. The highest BCUT2D eigenvalue weighted by molar-refractivity contribution is 6.53. The van der Waals surface area contributed by atoms with Gasteiger partial charge in [-0.05, 0) is 0 Å². The second-order valence-electron chi connectivity index (χ2n) is 0.744. The van der Waals surface area contributed by atoms with E-state index < -0.39 is 0 Å². The van der Waals surface area contributed by atoms with E-state index in [1.807, 2.05) is 0 Å². The topological polar surface area (TPSA) is 71.6 Å². The maximum atomic E-state index is 6.50. The monoisotopic (exact) mass is 83.0 g/mol. The summed E-state index contributed by atoms with van der Waals surface area (Å²) in [5.41, 5.74) is -0.0741. The molecule has 0 radical (unpaired) electrons. The average molecular weight is 83.1 g/mol. The Hall–Kier alpha value is -0.990. The molecule has 0 aromatic heterocycles. The van der Waals surface area contributed by atoms with Gasteiger partial charge in [-0.25, -0.2) is 0 Å². The van der Waals surface area contributed by atoms with Crippen molar-refractivity contribution in [1.29, 1.82) is 16.2 Å². The summed E-state index contributed by atoms with van der Waals surface area (Å²) in [4.78, 5) is 0. The van der Waals surface area contributed by atoms with Gasteiger partial charge in [0.25, 0.3) is 0 Å². The van der Waals surface area contributed by atoms with Gasteiger partial charge in [-0.2, -0.15) is 0 Å². The lowest BCUT2D eigenvalue weighted by Crippen LogP contribution is -1.94. The molecule has 0 aliphatic heterocycles. The molecule has 3 N–H and O–H groups in total. The van der Waals surface area contributed by atoms with E-state index in [2.05, 4.69) is 0 Å². The molecule has 0 saturated heterocycles. The molecule has 0 aromatic rings. The van der Waals surface area contributed by atoms with Crippen LogP contribution in [0, 0.1) is 16.2 Å². The van der Waals surface area contributed by atoms with Gasteiger partial charge < -0.3 is 10.8 Å². The van der Waals surface area contributed by atoms with Crippen molar-refractivity contribution in [3.05, 3.63) is 0 Å². The van der Waals surface area contributed by atoms with E-state index in [1.54, 1.807) is 0 Å². The molecule has 0 saturated carbocycles. The SMILES string of the molecule is N=CC(=N)C=N. The van der Waals surface area contributed by atoms with Crippen molar-refractivity contribution in [2.45, 2.75) is 0 Å². The summed E-state index contributed by atoms with van der Waals surface area (Å²) in [6.45, 7) is 0. The number of nitrogens with one attached hydrogen (secondary N) is 3. The molecule has 0 bridgehead atoms. The molecule has 0 aromatic carbocycles. The van der Waals surface area contributed by atoms with E-state index >= 15 is 0 Å². The highest BCUT2D eigenvalue weighted by atomic mass is 14.5. The predicted molar refractivity (Wildman–Crippen MR) is 25.3 cm³/mol. The van der Waals surface area contributed by atoms with Crippen molar-refractivity contribution >= 4 is 18.1 Å². The molecule has 6 heavy (non-hydrogen) atoms. The fourth-order valence-corrected chi connectivity index (χ4v) is 0.0417. The third kappa shape index (κ3) is 1.34. The molecule has 0 rings (SSSR count). The van der Waals surface area contributed by atoms with Gasteiger partial charge in [0.05, 0.1) is 5.71 Å². The highest BCUT2D eigenvalue weighted by Gasteiger charge is 1.73. The molecule has 0 atom stereocenters. The Bertz CT molecular complexity index is 74.0. The van der Waals surface area contributed by atoms with Gasteiger partial charge in [-0.15, -0.1) is 0 Å². The summed E-state index contributed by atoms with van der Waals surface area (Å²) in [6.07, 6.45) is 1.62. The number of hydrogen-bond acceptors (Lipinski definition) is 3. The van der Waals surface area contributed by atoms with Gasteiger partial charge in [0.15, 0.2) is 0 Å². The minimum Gasteiger partial charge on any atom is -0.306 e. The van der Waals surface area contributed by atoms with E-state index in [0.29, 0.717) is 0 Å². The van der Waals surface area contributed by atoms with Crippen molar-refractivity contribution in [2.24, 2.45) is 0 Å². The third-order valence-electron chi connectivity index (χ3n) is 0.311. The summed E-state index contributed by atoms with van der Waals surface area (Å²) in [5, 5.41) is 19.1. The standard InChI is InChI=1S/C3H5N3/c4-1-3(6)2-5/h1-2,4-6H. The van der Waals surface area contributed by atoms with E-state index in [0.717, 1.165) is 12.4 Å². The Labute approximate surface area is 35.5 Å². The van der Waals surface area contributed by atoms with Crippen LogP contribution in [0.25, 0.3) is 0 Å². The zero-order valence-electron chi connectivity index (χ0n) is 3.15. The molecular weight excluding hydrogens is 78.1 g/mol. The first-order valence-corrected chi connectivity index (χ1v) is 1.40. The van der Waals surface area contributed by atoms with Crippen molar-refractivity contribution in [3.63, 3.8) is 0 Å². The summed E-state index contributed by atoms with van der Waals surface area (Å²) < 4.78 is 0. The number of hydrogen-bond donors (Lipinski definition) is 3. The lowest BCUT2D eigenvalue weighted by atomic mass is 10.5. The van der Waals surface area contributed by atoms with Gasteiger partial charge in [0.1, 0.15) is 0 Å². The zero-order chi connectivity index (χ0) is 4.99. The lowest BCUT2D eigenvalue weighted by Gasteiger charge is -1.70. The fraction of sp³-hybridized carbons (Fsp3) is 0. The van der Waals surface area contributed by atoms with Gasteiger partial charge in [-0.3, -0.25) is 5.41 Å². The van der Waals surface area contributed by atoms with E-state index in [4.69, 9.17) is 16.2 Å². The number of rotatable bonds is 2. The molecule has 0 amide bonds. The molecule has 0 aliphatic carbocycles. The quantitative estimate of drug-likeness (QED) is 0.402. The Morgan fingerprint density at radius 2 is 1.50 bits per heavy atom. The van der Waals surface area contributed by atoms with Crippen LogP contribution >= 0.6 is 0 Å². The minimum atomic E-state index is -0.0741. The second kappa shape index (κ2) is 2.26. The molecule has 0 aliphatic rings. The second-order valence-corrected chi connectivity index (χ2v) is 0.744. The van der Waals surface area contributed by atoms with Crippen molar-refractivity contribution in [3.8, 4) is 0 Å². The lowest BCUT2D eigenvalue weighted by molar-refractivity contribution is 1.52. The summed E-state index contributed by atoms with van der Waals surface area (Å²) in [7, 11) is 0. The largest absolute Gasteiger partial charge is 0.306 e. The van der Waals surface area contributed by atoms with Crippen LogP contribution in [0.2, 0.25) is 0 Å². The van der Waals surface area contributed by atoms with Crippen LogP contribution < -0.4 is 0 Å². The van der Waals surface area contributed by atoms with Crippen LogP contribution in [0.15, 0.2) is 0 Å². The van der Waals surface area contributed by atoms with E-state index in [1.165, 1.54) is 0 Å². The maximum absolute atomic E-state index is 6.50. The summed E-state index contributed by atoms with van der Waals surface area (Å²) in [5.74, 6) is 0. The van der Waals surface area contributed by atoms with Crippen LogP contribution in [0.5, 0.6) is 0 Å². The average Bonchev–Trinajstić information content (AvgIpc) is 1.65. The normalized spacial score (nSPS) is 6.67. The van der Waals surface area contributed by atoms with E-state index in [-0.39, 0.29) is 5.71 Å². The van der Waals surface area contributed by atoms with Gasteiger partial charge in [0, 0.05) is 12.4 Å². The highest BCUT2D eigenvalue weighted by Crippen LogP contribution is 1.49. The van der Waals surface area contributed by atoms with Crippen molar-refractivity contribution < 1.29 is 0 Å².